The molecule has 3 fully saturated rings. The van der Waals surface area contributed by atoms with Gasteiger partial charge in [-0.1, -0.05) is 34.4 Å². The second-order valence-electron chi connectivity index (χ2n) is 10.5. The van der Waals surface area contributed by atoms with Crippen molar-refractivity contribution in [1.29, 1.82) is 0 Å². The van der Waals surface area contributed by atoms with Gasteiger partial charge in [0, 0.05) is 18.5 Å². The molecule has 3 aliphatic carbocycles. The number of hydrogen-bond donors (Lipinski definition) is 0. The topological polar surface area (TPSA) is 64.8 Å². The number of rotatable bonds is 4. The summed E-state index contributed by atoms with van der Waals surface area (Å²) in [6.07, 6.45) is 3.78. The third kappa shape index (κ3) is 3.42. The number of halogens is 2. The van der Waals surface area contributed by atoms with Crippen molar-refractivity contribution in [2.45, 2.75) is 76.2 Å². The summed E-state index contributed by atoms with van der Waals surface area (Å²) in [4.78, 5) is 14.3. The molecule has 2 bridgehead atoms. The molecule has 0 N–H and O–H groups in total. The largest absolute Gasteiger partial charge is 0.444 e. The summed E-state index contributed by atoms with van der Waals surface area (Å²) >= 11 is 13.2. The number of amides is 1. The van der Waals surface area contributed by atoms with E-state index >= 15 is 0 Å². The van der Waals surface area contributed by atoms with E-state index in [9.17, 15) is 4.79 Å². The lowest BCUT2D eigenvalue weighted by atomic mass is 10.0. The highest BCUT2D eigenvalue weighted by molar-refractivity contribution is 6.39. The summed E-state index contributed by atoms with van der Waals surface area (Å²) in [5.74, 6) is 1.45. The van der Waals surface area contributed by atoms with Gasteiger partial charge in [0.25, 0.3) is 0 Å². The number of piperidine rings is 1. The van der Waals surface area contributed by atoms with Gasteiger partial charge < -0.3 is 18.9 Å². The molecule has 2 aromatic rings. The molecule has 4 unspecified atom stereocenters. The number of carbonyl (C=O) groups excluding carboxylic acids is 1. The van der Waals surface area contributed by atoms with E-state index in [1.165, 1.54) is 0 Å². The lowest BCUT2D eigenvalue weighted by Crippen LogP contribution is -2.44. The van der Waals surface area contributed by atoms with E-state index in [2.05, 4.69) is 5.16 Å². The normalized spacial score (nSPS) is 28.2. The van der Waals surface area contributed by atoms with Gasteiger partial charge in [0.2, 0.25) is 0 Å². The molecule has 1 aromatic heterocycles. The lowest BCUT2D eigenvalue weighted by molar-refractivity contribution is -0.0281. The third-order valence-corrected chi connectivity index (χ3v) is 7.69. The minimum atomic E-state index is -0.485. The molecule has 32 heavy (non-hydrogen) atoms. The van der Waals surface area contributed by atoms with Crippen molar-refractivity contribution in [3.05, 3.63) is 39.0 Å². The smallest absolute Gasteiger partial charge is 0.410 e. The number of carbonyl (C=O) groups is 1. The molecule has 1 saturated heterocycles. The van der Waals surface area contributed by atoms with Gasteiger partial charge in [-0.25, -0.2) is 4.79 Å². The maximum Gasteiger partial charge on any atom is 0.410 e. The SMILES string of the molecule is CC(C)(C)OC(=O)N1CC2CC1CC2OC1c2noc(-c3c(Cl)ccc(C4CC4)c3Cl)c21. The molecule has 6 rings (SSSR count). The average molecular weight is 477 g/mol. The average Bonchev–Trinajstić information content (AvgIpc) is 3.50. The fraction of sp³-hybridized carbons (Fsp3) is 0.583. The number of aromatic nitrogens is 1. The van der Waals surface area contributed by atoms with Crippen LogP contribution in [0.3, 0.4) is 0 Å². The van der Waals surface area contributed by atoms with Gasteiger partial charge in [-0.2, -0.15) is 0 Å². The summed E-state index contributed by atoms with van der Waals surface area (Å²) in [6.45, 7) is 6.35. The van der Waals surface area contributed by atoms with E-state index in [0.717, 1.165) is 48.1 Å². The fourth-order valence-electron chi connectivity index (χ4n) is 5.26. The van der Waals surface area contributed by atoms with E-state index in [1.54, 1.807) is 0 Å². The molecule has 1 aromatic carbocycles. The number of benzene rings is 1. The van der Waals surface area contributed by atoms with Gasteiger partial charge in [-0.3, -0.25) is 0 Å². The first-order valence-corrected chi connectivity index (χ1v) is 12.1. The Labute approximate surface area is 197 Å². The van der Waals surface area contributed by atoms with Gasteiger partial charge in [-0.15, -0.1) is 0 Å². The zero-order valence-corrected chi connectivity index (χ0v) is 19.9. The Morgan fingerprint density at radius 1 is 1.22 bits per heavy atom. The van der Waals surface area contributed by atoms with Crippen molar-refractivity contribution in [3.63, 3.8) is 0 Å². The molecule has 4 atom stereocenters. The quantitative estimate of drug-likeness (QED) is 0.514. The van der Waals surface area contributed by atoms with Crippen LogP contribution in [-0.2, 0) is 9.47 Å². The van der Waals surface area contributed by atoms with E-state index in [0.29, 0.717) is 34.2 Å². The lowest BCUT2D eigenvalue weighted by Gasteiger charge is -2.33. The van der Waals surface area contributed by atoms with Crippen molar-refractivity contribution >= 4 is 29.3 Å². The number of ether oxygens (including phenoxy) is 2. The molecule has 1 amide bonds. The number of nitrogens with zero attached hydrogens (tertiary/aromatic N) is 2. The third-order valence-electron chi connectivity index (χ3n) is 6.96. The zero-order valence-electron chi connectivity index (χ0n) is 18.4. The van der Waals surface area contributed by atoms with Crippen molar-refractivity contribution in [2.24, 2.45) is 5.92 Å². The Kier molecular flexibility index (Phi) is 4.63. The van der Waals surface area contributed by atoms with Crippen LogP contribution in [0.1, 0.15) is 75.3 Å². The van der Waals surface area contributed by atoms with Crippen LogP contribution in [-0.4, -0.2) is 40.4 Å². The molecule has 6 nitrogen and oxygen atoms in total. The summed E-state index contributed by atoms with van der Waals surface area (Å²) in [7, 11) is 0. The second kappa shape index (κ2) is 7.12. The maximum absolute atomic E-state index is 12.5. The van der Waals surface area contributed by atoms with Gasteiger partial charge in [-0.05, 0) is 64.0 Å². The Morgan fingerprint density at radius 3 is 2.66 bits per heavy atom. The van der Waals surface area contributed by atoms with Crippen molar-refractivity contribution < 1.29 is 18.8 Å². The van der Waals surface area contributed by atoms with E-state index in [-0.39, 0.29) is 24.3 Å². The highest BCUT2D eigenvalue weighted by Crippen LogP contribution is 2.56. The standard InChI is InChI=1S/C24H26Cl2N2O4/c1-24(2,3)31-23(29)28-10-12-8-13(28)9-16(12)30-22-18-20(22)27-32-21(18)17-15(25)7-6-14(19(17)26)11-4-5-11/h6-7,11-13,16,22H,4-5,8-10H2,1-3H3. The predicted octanol–water partition coefficient (Wildman–Crippen LogP) is 6.34. The maximum atomic E-state index is 12.5. The van der Waals surface area contributed by atoms with Crippen LogP contribution >= 0.6 is 23.2 Å². The zero-order chi connectivity index (χ0) is 22.4. The molecule has 1 aliphatic heterocycles. The van der Waals surface area contributed by atoms with E-state index in [1.807, 2.05) is 37.8 Å². The molecule has 2 heterocycles. The first-order chi connectivity index (χ1) is 15.2. The van der Waals surface area contributed by atoms with Crippen LogP contribution in [0.2, 0.25) is 10.0 Å². The minimum absolute atomic E-state index is 0.0921. The number of hydrogen-bond acceptors (Lipinski definition) is 5. The van der Waals surface area contributed by atoms with Gasteiger partial charge in [0.05, 0.1) is 27.3 Å². The van der Waals surface area contributed by atoms with Crippen molar-refractivity contribution in [2.75, 3.05) is 6.54 Å². The van der Waals surface area contributed by atoms with Gasteiger partial charge >= 0.3 is 6.09 Å². The van der Waals surface area contributed by atoms with Crippen LogP contribution in [0.15, 0.2) is 16.7 Å². The Bertz CT molecular complexity index is 1100. The van der Waals surface area contributed by atoms with Crippen molar-refractivity contribution in [1.82, 2.24) is 10.1 Å². The first kappa shape index (κ1) is 20.8. The summed E-state index contributed by atoms with van der Waals surface area (Å²) in [5.41, 5.74) is 3.15. The number of likely N-dealkylation sites (tertiary alicyclic amines) is 1. The molecule has 4 aliphatic rings. The van der Waals surface area contributed by atoms with Crippen LogP contribution in [0, 0.1) is 5.92 Å². The highest BCUT2D eigenvalue weighted by atomic mass is 35.5. The van der Waals surface area contributed by atoms with Crippen LogP contribution in [0.25, 0.3) is 11.3 Å². The molecule has 8 heteroatoms. The second-order valence-corrected chi connectivity index (χ2v) is 11.3. The molecule has 2 saturated carbocycles. The van der Waals surface area contributed by atoms with Crippen LogP contribution in [0.5, 0.6) is 0 Å². The molecule has 170 valence electrons. The summed E-state index contributed by atoms with van der Waals surface area (Å²) in [6, 6.07) is 4.08. The first-order valence-electron chi connectivity index (χ1n) is 11.3. The molecule has 0 radical (unpaired) electrons. The summed E-state index contributed by atoms with van der Waals surface area (Å²) in [5, 5.41) is 5.46. The van der Waals surface area contributed by atoms with Crippen LogP contribution in [0.4, 0.5) is 4.79 Å². The van der Waals surface area contributed by atoms with Crippen molar-refractivity contribution in [3.8, 4) is 11.3 Å². The molecular formula is C24H26Cl2N2O4. The molecular weight excluding hydrogens is 451 g/mol. The minimum Gasteiger partial charge on any atom is -0.444 e. The Morgan fingerprint density at radius 2 is 2.00 bits per heavy atom. The molecule has 0 spiro atoms. The Hall–Kier alpha value is -1.76. The van der Waals surface area contributed by atoms with Gasteiger partial charge in [0.1, 0.15) is 17.4 Å². The summed E-state index contributed by atoms with van der Waals surface area (Å²) < 4.78 is 17.6. The fourth-order valence-corrected chi connectivity index (χ4v) is 5.95. The van der Waals surface area contributed by atoms with Gasteiger partial charge in [0.15, 0.2) is 5.76 Å². The van der Waals surface area contributed by atoms with Crippen LogP contribution < -0.4 is 0 Å². The van der Waals surface area contributed by atoms with E-state index < -0.39 is 5.60 Å². The Balaban J connectivity index is 1.15. The highest BCUT2D eigenvalue weighted by Gasteiger charge is 2.53. The predicted molar refractivity (Wildman–Crippen MR) is 120 cm³/mol. The number of fused-ring (bicyclic) bond motifs is 3. The monoisotopic (exact) mass is 476 g/mol. The van der Waals surface area contributed by atoms with E-state index in [4.69, 9.17) is 37.2 Å².